The molecule has 0 bridgehead atoms. The summed E-state index contributed by atoms with van der Waals surface area (Å²) in [7, 11) is 0. The molecule has 6 heteroatoms. The number of halogens is 1. The highest BCUT2D eigenvalue weighted by Crippen LogP contribution is 2.21. The average molecular weight is 384 g/mol. The molecule has 0 spiro atoms. The largest absolute Gasteiger partial charge is 0.439 e. The molecule has 0 saturated carbocycles. The first-order valence-corrected chi connectivity index (χ1v) is 8.04. The molecule has 1 aromatic carbocycles. The van der Waals surface area contributed by atoms with Crippen LogP contribution in [0.15, 0.2) is 65.3 Å². The van der Waals surface area contributed by atoms with E-state index in [1.165, 1.54) is 6.20 Å². The van der Waals surface area contributed by atoms with E-state index in [0.717, 1.165) is 10.2 Å². The second kappa shape index (κ2) is 7.23. The van der Waals surface area contributed by atoms with E-state index in [9.17, 15) is 4.79 Å². The highest BCUT2D eigenvalue weighted by atomic mass is 79.9. The molecule has 0 aliphatic heterocycles. The number of aryl methyl sites for hydroxylation is 1. The van der Waals surface area contributed by atoms with Crippen molar-refractivity contribution in [2.45, 2.75) is 6.92 Å². The van der Waals surface area contributed by atoms with Crippen LogP contribution < -0.4 is 10.1 Å². The van der Waals surface area contributed by atoms with Crippen LogP contribution >= 0.6 is 15.9 Å². The second-order valence-corrected chi connectivity index (χ2v) is 5.98. The third-order valence-electron chi connectivity index (χ3n) is 3.16. The molecular weight excluding hydrogens is 370 g/mol. The Bertz CT molecular complexity index is 849. The zero-order valence-corrected chi connectivity index (χ0v) is 14.4. The number of hydrogen-bond acceptors (Lipinski definition) is 4. The summed E-state index contributed by atoms with van der Waals surface area (Å²) in [4.78, 5) is 20.6. The van der Waals surface area contributed by atoms with Gasteiger partial charge in [0.1, 0.15) is 11.6 Å². The molecule has 0 aliphatic rings. The van der Waals surface area contributed by atoms with Crippen LogP contribution in [0.1, 0.15) is 16.1 Å². The van der Waals surface area contributed by atoms with Crippen molar-refractivity contribution in [2.24, 2.45) is 0 Å². The fourth-order valence-electron chi connectivity index (χ4n) is 2.00. The number of hydrogen-bond donors (Lipinski definition) is 1. The van der Waals surface area contributed by atoms with Crippen LogP contribution in [0.4, 0.5) is 5.82 Å². The summed E-state index contributed by atoms with van der Waals surface area (Å²) in [5, 5.41) is 2.74. The van der Waals surface area contributed by atoms with Gasteiger partial charge < -0.3 is 10.1 Å². The Morgan fingerprint density at radius 3 is 2.54 bits per heavy atom. The molecule has 2 heterocycles. The van der Waals surface area contributed by atoms with Crippen LogP contribution in [0.3, 0.4) is 0 Å². The summed E-state index contributed by atoms with van der Waals surface area (Å²) in [6.07, 6.45) is 1.47. The standard InChI is InChI=1S/C18H14BrN3O2/c1-12-3-2-4-16(21-12)22-18(23)13-5-10-17(20-11-13)24-15-8-6-14(19)7-9-15/h2-11H,1H3,(H,21,22,23). The summed E-state index contributed by atoms with van der Waals surface area (Å²) < 4.78 is 6.60. The summed E-state index contributed by atoms with van der Waals surface area (Å²) in [5.41, 5.74) is 1.27. The van der Waals surface area contributed by atoms with Crippen molar-refractivity contribution in [3.05, 3.63) is 76.5 Å². The molecule has 3 rings (SSSR count). The number of carbonyl (C=O) groups excluding carboxylic acids is 1. The number of ether oxygens (including phenoxy) is 1. The Morgan fingerprint density at radius 1 is 1.08 bits per heavy atom. The van der Waals surface area contributed by atoms with Crippen molar-refractivity contribution in [1.82, 2.24) is 9.97 Å². The van der Waals surface area contributed by atoms with Gasteiger partial charge in [-0.3, -0.25) is 4.79 Å². The van der Waals surface area contributed by atoms with Gasteiger partial charge in [-0.1, -0.05) is 22.0 Å². The fraction of sp³-hybridized carbons (Fsp3) is 0.0556. The molecule has 0 saturated heterocycles. The van der Waals surface area contributed by atoms with E-state index in [2.05, 4.69) is 31.2 Å². The van der Waals surface area contributed by atoms with Gasteiger partial charge in [-0.25, -0.2) is 9.97 Å². The summed E-state index contributed by atoms with van der Waals surface area (Å²) in [6.45, 7) is 1.87. The van der Waals surface area contributed by atoms with Gasteiger partial charge in [0, 0.05) is 22.4 Å². The van der Waals surface area contributed by atoms with Crippen molar-refractivity contribution in [3.8, 4) is 11.6 Å². The Labute approximate surface area is 147 Å². The maximum atomic E-state index is 12.2. The Balaban J connectivity index is 1.67. The van der Waals surface area contributed by atoms with E-state index in [-0.39, 0.29) is 5.91 Å². The number of carbonyl (C=O) groups is 1. The molecule has 0 radical (unpaired) electrons. The number of pyridine rings is 2. The van der Waals surface area contributed by atoms with Gasteiger partial charge in [-0.2, -0.15) is 0 Å². The minimum atomic E-state index is -0.268. The van der Waals surface area contributed by atoms with E-state index in [4.69, 9.17) is 4.74 Å². The molecule has 120 valence electrons. The van der Waals surface area contributed by atoms with Gasteiger partial charge in [0.15, 0.2) is 0 Å². The van der Waals surface area contributed by atoms with Crippen molar-refractivity contribution < 1.29 is 9.53 Å². The third-order valence-corrected chi connectivity index (χ3v) is 3.69. The molecule has 3 aromatic rings. The molecule has 0 aliphatic carbocycles. The van der Waals surface area contributed by atoms with Crippen LogP contribution in [-0.2, 0) is 0 Å². The van der Waals surface area contributed by atoms with E-state index >= 15 is 0 Å². The molecule has 24 heavy (non-hydrogen) atoms. The van der Waals surface area contributed by atoms with E-state index in [1.807, 2.05) is 43.3 Å². The molecule has 0 unspecified atom stereocenters. The molecule has 1 amide bonds. The highest BCUT2D eigenvalue weighted by Gasteiger charge is 2.08. The van der Waals surface area contributed by atoms with Crippen molar-refractivity contribution in [3.63, 3.8) is 0 Å². The zero-order chi connectivity index (χ0) is 16.9. The second-order valence-electron chi connectivity index (χ2n) is 5.06. The Kier molecular flexibility index (Phi) is 4.86. The van der Waals surface area contributed by atoms with Gasteiger partial charge in [-0.05, 0) is 49.4 Å². The van der Waals surface area contributed by atoms with Gasteiger partial charge in [0.25, 0.3) is 5.91 Å². The first-order chi connectivity index (χ1) is 11.6. The fourth-order valence-corrected chi connectivity index (χ4v) is 2.26. The van der Waals surface area contributed by atoms with Gasteiger partial charge in [-0.15, -0.1) is 0 Å². The zero-order valence-electron chi connectivity index (χ0n) is 12.9. The number of nitrogens with one attached hydrogen (secondary N) is 1. The first kappa shape index (κ1) is 16.1. The lowest BCUT2D eigenvalue weighted by atomic mass is 10.2. The van der Waals surface area contributed by atoms with Gasteiger partial charge in [0.05, 0.1) is 5.56 Å². The van der Waals surface area contributed by atoms with Crippen molar-refractivity contribution in [2.75, 3.05) is 5.32 Å². The number of benzene rings is 1. The van der Waals surface area contributed by atoms with Crippen LogP contribution in [0, 0.1) is 6.92 Å². The summed E-state index contributed by atoms with van der Waals surface area (Å²) in [6, 6.07) is 16.2. The molecule has 0 atom stereocenters. The summed E-state index contributed by atoms with van der Waals surface area (Å²) in [5.74, 6) is 1.33. The predicted octanol–water partition coefficient (Wildman–Crippen LogP) is 4.59. The predicted molar refractivity (Wildman–Crippen MR) is 95.4 cm³/mol. The topological polar surface area (TPSA) is 64.1 Å². The molecule has 5 nitrogen and oxygen atoms in total. The maximum Gasteiger partial charge on any atom is 0.258 e. The van der Waals surface area contributed by atoms with Crippen LogP contribution in [0.25, 0.3) is 0 Å². The SMILES string of the molecule is Cc1cccc(NC(=O)c2ccc(Oc3ccc(Br)cc3)nc2)n1. The lowest BCUT2D eigenvalue weighted by Gasteiger charge is -2.07. The normalized spacial score (nSPS) is 10.2. The molecular formula is C18H14BrN3O2. The highest BCUT2D eigenvalue weighted by molar-refractivity contribution is 9.10. The number of amides is 1. The summed E-state index contributed by atoms with van der Waals surface area (Å²) >= 11 is 3.37. The lowest BCUT2D eigenvalue weighted by Crippen LogP contribution is -2.13. The molecule has 0 fully saturated rings. The Hall–Kier alpha value is -2.73. The van der Waals surface area contributed by atoms with Crippen LogP contribution in [0.2, 0.25) is 0 Å². The van der Waals surface area contributed by atoms with E-state index in [1.54, 1.807) is 18.2 Å². The van der Waals surface area contributed by atoms with Crippen LogP contribution in [0.5, 0.6) is 11.6 Å². The lowest BCUT2D eigenvalue weighted by molar-refractivity contribution is 0.102. The van der Waals surface area contributed by atoms with E-state index < -0.39 is 0 Å². The maximum absolute atomic E-state index is 12.2. The van der Waals surface area contributed by atoms with Crippen molar-refractivity contribution >= 4 is 27.7 Å². The number of nitrogens with zero attached hydrogens (tertiary/aromatic N) is 2. The Morgan fingerprint density at radius 2 is 1.88 bits per heavy atom. The monoisotopic (exact) mass is 383 g/mol. The minimum absolute atomic E-state index is 0.268. The van der Waals surface area contributed by atoms with E-state index in [0.29, 0.717) is 23.0 Å². The molecule has 2 aromatic heterocycles. The van der Waals surface area contributed by atoms with Gasteiger partial charge in [0.2, 0.25) is 5.88 Å². The number of rotatable bonds is 4. The number of anilines is 1. The van der Waals surface area contributed by atoms with Gasteiger partial charge >= 0.3 is 0 Å². The third kappa shape index (κ3) is 4.17. The quantitative estimate of drug-likeness (QED) is 0.715. The molecule has 1 N–H and O–H groups in total. The average Bonchev–Trinajstić information content (AvgIpc) is 2.57. The van der Waals surface area contributed by atoms with Crippen LogP contribution in [-0.4, -0.2) is 15.9 Å². The first-order valence-electron chi connectivity index (χ1n) is 7.25. The number of aromatic nitrogens is 2. The smallest absolute Gasteiger partial charge is 0.258 e. The van der Waals surface area contributed by atoms with Crippen molar-refractivity contribution in [1.29, 1.82) is 0 Å². The minimum Gasteiger partial charge on any atom is -0.439 e.